The summed E-state index contributed by atoms with van der Waals surface area (Å²) < 4.78 is 55.6. The molecule has 0 aliphatic heterocycles. The van der Waals surface area contributed by atoms with Crippen LogP contribution in [0.5, 0.6) is 0 Å². The number of hydrogen-bond donors (Lipinski definition) is 2. The molecule has 0 atom stereocenters. The summed E-state index contributed by atoms with van der Waals surface area (Å²) >= 11 is 0.842. The zero-order valence-electron chi connectivity index (χ0n) is 10.3. The molecule has 1 heterocycles. The lowest BCUT2D eigenvalue weighted by Crippen LogP contribution is -2.41. The number of alkyl halides is 2. The van der Waals surface area contributed by atoms with E-state index in [0.717, 1.165) is 24.5 Å². The van der Waals surface area contributed by atoms with E-state index in [1.165, 1.54) is 5.38 Å². The second kappa shape index (κ2) is 7.27. The summed E-state index contributed by atoms with van der Waals surface area (Å²) in [7, 11) is -3.13. The van der Waals surface area contributed by atoms with Gasteiger partial charge in [0.15, 0.2) is 0 Å². The molecule has 0 radical (unpaired) electrons. The number of sulfonamides is 1. The number of esters is 1. The first-order valence-corrected chi connectivity index (χ1v) is 7.33. The third kappa shape index (κ3) is 4.63. The first-order chi connectivity index (χ1) is 8.73. The van der Waals surface area contributed by atoms with Crippen molar-refractivity contribution in [3.05, 3.63) is 16.3 Å². The number of rotatable bonds is 6. The lowest BCUT2D eigenvalue weighted by Gasteiger charge is -2.14. The highest BCUT2D eigenvalue weighted by Crippen LogP contribution is 2.23. The highest BCUT2D eigenvalue weighted by molar-refractivity contribution is 7.89. The van der Waals surface area contributed by atoms with Gasteiger partial charge in [-0.2, -0.15) is 0 Å². The smallest absolute Gasteiger partial charge is 0.349 e. The largest absolute Gasteiger partial charge is 0.465 e. The van der Waals surface area contributed by atoms with Crippen molar-refractivity contribution in [1.29, 1.82) is 0 Å². The van der Waals surface area contributed by atoms with Gasteiger partial charge in [0.1, 0.15) is 9.77 Å². The maximum Gasteiger partial charge on any atom is 0.349 e. The molecule has 116 valence electrons. The van der Waals surface area contributed by atoms with Crippen molar-refractivity contribution in [1.82, 2.24) is 4.72 Å². The van der Waals surface area contributed by atoms with Crippen molar-refractivity contribution in [3.8, 4) is 0 Å². The van der Waals surface area contributed by atoms with Gasteiger partial charge in [-0.1, -0.05) is 0 Å². The number of nitrogens with two attached hydrogens (primary N) is 1. The molecule has 3 N–H and O–H groups in total. The quantitative estimate of drug-likeness (QED) is 0.740. The molecule has 0 amide bonds. The Bertz CT molecular complexity index is 562. The van der Waals surface area contributed by atoms with Crippen LogP contribution >= 0.6 is 23.7 Å². The molecule has 0 aliphatic carbocycles. The summed E-state index contributed by atoms with van der Waals surface area (Å²) in [6.07, 6.45) is 0. The average Bonchev–Trinajstić information content (AvgIpc) is 2.86. The fourth-order valence-electron chi connectivity index (χ4n) is 1.10. The summed E-state index contributed by atoms with van der Waals surface area (Å²) in [5, 5.41) is 1.35. The van der Waals surface area contributed by atoms with Crippen molar-refractivity contribution in [3.63, 3.8) is 0 Å². The van der Waals surface area contributed by atoms with E-state index in [0.29, 0.717) is 0 Å². The SMILES string of the molecule is COC(=O)c1sccc1S(=O)(=O)NCC(F)(F)CN.Cl. The fourth-order valence-corrected chi connectivity index (χ4v) is 3.50. The number of nitrogens with one attached hydrogen (secondary N) is 1. The van der Waals surface area contributed by atoms with Crippen LogP contribution in [0.4, 0.5) is 8.78 Å². The van der Waals surface area contributed by atoms with Crippen LogP contribution in [0, 0.1) is 0 Å². The number of methoxy groups -OCH3 is 1. The Balaban J connectivity index is 0.00000361. The van der Waals surface area contributed by atoms with E-state index in [1.807, 2.05) is 0 Å². The summed E-state index contributed by atoms with van der Waals surface area (Å²) in [6, 6.07) is 1.14. The molecule has 1 rings (SSSR count). The molecule has 0 saturated heterocycles. The van der Waals surface area contributed by atoms with Gasteiger partial charge in [-0.05, 0) is 11.4 Å². The number of thiophene rings is 1. The van der Waals surface area contributed by atoms with Crippen LogP contribution in [0.25, 0.3) is 0 Å². The molecular formula is C9H13ClF2N2O4S2. The first-order valence-electron chi connectivity index (χ1n) is 4.97. The normalized spacial score (nSPS) is 11.8. The van der Waals surface area contributed by atoms with Crippen LogP contribution in [-0.2, 0) is 14.8 Å². The van der Waals surface area contributed by atoms with Crippen molar-refractivity contribution < 1.29 is 26.7 Å². The monoisotopic (exact) mass is 350 g/mol. The molecule has 1 aromatic rings. The number of ether oxygens (including phenoxy) is 1. The zero-order chi connectivity index (χ0) is 14.7. The predicted octanol–water partition coefficient (Wildman–Crippen LogP) is 0.829. The van der Waals surface area contributed by atoms with Crippen LogP contribution < -0.4 is 10.5 Å². The van der Waals surface area contributed by atoms with Crippen LogP contribution in [-0.4, -0.2) is 40.5 Å². The summed E-state index contributed by atoms with van der Waals surface area (Å²) in [6.45, 7) is -2.12. The predicted molar refractivity (Wildman–Crippen MR) is 72.1 cm³/mol. The zero-order valence-corrected chi connectivity index (χ0v) is 12.7. The van der Waals surface area contributed by atoms with E-state index < -0.39 is 39.9 Å². The van der Waals surface area contributed by atoms with Gasteiger partial charge in [-0.15, -0.1) is 23.7 Å². The topological polar surface area (TPSA) is 98.5 Å². The van der Waals surface area contributed by atoms with Crippen LogP contribution in [0.3, 0.4) is 0 Å². The van der Waals surface area contributed by atoms with Gasteiger partial charge < -0.3 is 10.5 Å². The van der Waals surface area contributed by atoms with Crippen molar-refractivity contribution in [2.45, 2.75) is 10.8 Å². The van der Waals surface area contributed by atoms with Gasteiger partial charge in [0.05, 0.1) is 20.2 Å². The number of carbonyl (C=O) groups is 1. The summed E-state index contributed by atoms with van der Waals surface area (Å²) in [5.41, 5.74) is 4.80. The average molecular weight is 351 g/mol. The Hall–Kier alpha value is -0.810. The molecule has 11 heteroatoms. The second-order valence-electron chi connectivity index (χ2n) is 3.49. The van der Waals surface area contributed by atoms with E-state index in [4.69, 9.17) is 5.73 Å². The summed E-state index contributed by atoms with van der Waals surface area (Å²) in [5.74, 6) is -4.20. The molecule has 0 aromatic carbocycles. The van der Waals surface area contributed by atoms with Crippen LogP contribution in [0.15, 0.2) is 16.3 Å². The van der Waals surface area contributed by atoms with E-state index in [2.05, 4.69) is 4.74 Å². The molecule has 0 saturated carbocycles. The van der Waals surface area contributed by atoms with Gasteiger partial charge in [-0.3, -0.25) is 0 Å². The number of carbonyl (C=O) groups excluding carboxylic acids is 1. The Labute approximate surface area is 124 Å². The van der Waals surface area contributed by atoms with Crippen molar-refractivity contribution >= 4 is 39.7 Å². The summed E-state index contributed by atoms with van der Waals surface area (Å²) in [4.78, 5) is 10.8. The van der Waals surface area contributed by atoms with Crippen molar-refractivity contribution in [2.24, 2.45) is 5.73 Å². The Morgan fingerprint density at radius 1 is 1.55 bits per heavy atom. The van der Waals surface area contributed by atoms with E-state index in [-0.39, 0.29) is 17.3 Å². The molecule has 1 aromatic heterocycles. The fraction of sp³-hybridized carbons (Fsp3) is 0.444. The van der Waals surface area contributed by atoms with E-state index in [9.17, 15) is 22.0 Å². The highest BCUT2D eigenvalue weighted by Gasteiger charge is 2.31. The minimum absolute atomic E-state index is 0. The standard InChI is InChI=1S/C9H12F2N2O4S2.ClH/c1-17-8(14)7-6(2-3-18-7)19(15,16)13-5-9(10,11)4-12;/h2-3,13H,4-5,12H2,1H3;1H. The first kappa shape index (κ1) is 19.2. The van der Waals surface area contributed by atoms with Crippen LogP contribution in [0.1, 0.15) is 9.67 Å². The molecule has 20 heavy (non-hydrogen) atoms. The molecular weight excluding hydrogens is 338 g/mol. The number of hydrogen-bond acceptors (Lipinski definition) is 6. The third-order valence-electron chi connectivity index (χ3n) is 2.11. The number of halogens is 3. The maximum absolute atomic E-state index is 12.9. The van der Waals surface area contributed by atoms with E-state index in [1.54, 1.807) is 4.72 Å². The molecule has 0 fully saturated rings. The Morgan fingerprint density at radius 2 is 2.15 bits per heavy atom. The Kier molecular flexibility index (Phi) is 6.98. The van der Waals surface area contributed by atoms with Gasteiger partial charge >= 0.3 is 5.97 Å². The third-order valence-corrected chi connectivity index (χ3v) is 4.58. The van der Waals surface area contributed by atoms with Gasteiger partial charge in [0.25, 0.3) is 5.92 Å². The van der Waals surface area contributed by atoms with Gasteiger partial charge in [-0.25, -0.2) is 26.7 Å². The maximum atomic E-state index is 12.9. The van der Waals surface area contributed by atoms with Crippen LogP contribution in [0.2, 0.25) is 0 Å². The molecule has 6 nitrogen and oxygen atoms in total. The lowest BCUT2D eigenvalue weighted by molar-refractivity contribution is 0.0170. The van der Waals surface area contributed by atoms with Gasteiger partial charge in [0, 0.05) is 0 Å². The molecule has 0 unspecified atom stereocenters. The molecule has 0 spiro atoms. The van der Waals surface area contributed by atoms with Crippen molar-refractivity contribution in [2.75, 3.05) is 20.2 Å². The second-order valence-corrected chi connectivity index (χ2v) is 6.14. The molecule has 0 aliphatic rings. The lowest BCUT2D eigenvalue weighted by atomic mass is 10.3. The molecule has 0 bridgehead atoms. The van der Waals surface area contributed by atoms with E-state index >= 15 is 0 Å². The highest BCUT2D eigenvalue weighted by atomic mass is 35.5. The Morgan fingerprint density at radius 3 is 2.65 bits per heavy atom. The minimum Gasteiger partial charge on any atom is -0.465 e. The van der Waals surface area contributed by atoms with Gasteiger partial charge in [0.2, 0.25) is 10.0 Å². The minimum atomic E-state index is -4.22.